The molecule has 0 aromatic rings. The zero-order valence-electron chi connectivity index (χ0n) is 17.9. The molecule has 0 heterocycles. The van der Waals surface area contributed by atoms with Crippen molar-refractivity contribution in [3.63, 3.8) is 0 Å². The lowest BCUT2D eigenvalue weighted by Crippen LogP contribution is -2.56. The topological polar surface area (TPSA) is 46.5 Å². The van der Waals surface area contributed by atoms with Gasteiger partial charge in [-0.3, -0.25) is 0 Å². The van der Waals surface area contributed by atoms with Crippen LogP contribution < -0.4 is 0 Å². The number of hydrogen-bond donors (Lipinski definition) is 1. The van der Waals surface area contributed by atoms with Crippen molar-refractivity contribution in [2.45, 2.75) is 83.6 Å². The van der Waals surface area contributed by atoms with E-state index in [1.807, 2.05) is 7.85 Å². The van der Waals surface area contributed by atoms with E-state index in [0.29, 0.717) is 36.0 Å². The molecule has 152 valence electrons. The van der Waals surface area contributed by atoms with Gasteiger partial charge in [0.05, 0.1) is 12.2 Å². The molecule has 27 heavy (non-hydrogen) atoms. The van der Waals surface area contributed by atoms with E-state index in [-0.39, 0.29) is 5.41 Å². The molecular formula is C23H39BO3. The first-order valence-corrected chi connectivity index (χ1v) is 11.5. The lowest BCUT2D eigenvalue weighted by atomic mass is 9.44. The Bertz CT molecular complexity index is 594. The molecular weight excluding hydrogens is 335 g/mol. The third kappa shape index (κ3) is 2.96. The lowest BCUT2D eigenvalue weighted by Gasteiger charge is -2.62. The first kappa shape index (κ1) is 19.9. The van der Waals surface area contributed by atoms with E-state index in [9.17, 15) is 9.90 Å². The summed E-state index contributed by atoms with van der Waals surface area (Å²) in [6.07, 6.45) is 11.1. The second-order valence-corrected chi connectivity index (χ2v) is 11.0. The van der Waals surface area contributed by atoms with Gasteiger partial charge in [0.15, 0.2) is 0 Å². The van der Waals surface area contributed by atoms with Crippen LogP contribution in [0.2, 0.25) is 6.32 Å². The summed E-state index contributed by atoms with van der Waals surface area (Å²) in [7, 11) is 3.75. The fourth-order valence-corrected chi connectivity index (χ4v) is 8.50. The minimum Gasteiger partial charge on any atom is -0.387 e. The Morgan fingerprint density at radius 2 is 1.78 bits per heavy atom. The van der Waals surface area contributed by atoms with Crippen LogP contribution in [0.1, 0.15) is 71.6 Å². The number of fused-ring (bicyclic) bond motifs is 5. The van der Waals surface area contributed by atoms with Crippen molar-refractivity contribution in [3.8, 4) is 0 Å². The Hall–Kier alpha value is -0.345. The molecule has 4 rings (SSSR count). The lowest BCUT2D eigenvalue weighted by molar-refractivity contribution is -0.163. The third-order valence-electron chi connectivity index (χ3n) is 9.97. The number of ether oxygens (including phenoxy) is 1. The molecule has 4 aliphatic rings. The molecule has 0 aromatic carbocycles. The quantitative estimate of drug-likeness (QED) is 0.765. The second kappa shape index (κ2) is 6.87. The van der Waals surface area contributed by atoms with Crippen LogP contribution in [-0.2, 0) is 9.53 Å². The van der Waals surface area contributed by atoms with Crippen LogP contribution in [0.5, 0.6) is 0 Å². The molecule has 0 aliphatic heterocycles. The summed E-state index contributed by atoms with van der Waals surface area (Å²) in [5.41, 5.74) is 0.0148. The number of Topliss-reactive ketones (excluding diaryl/α,β-unsaturated/α-hetero) is 1. The molecule has 3 nitrogen and oxygen atoms in total. The van der Waals surface area contributed by atoms with Gasteiger partial charge < -0.3 is 14.6 Å². The molecule has 0 radical (unpaired) electrons. The number of aliphatic hydroxyl groups is 1. The largest absolute Gasteiger partial charge is 0.387 e. The standard InChI is InChI=1S/C23H39BO3/c1-21-10-11-23(26,14-27-3)12-15(21)4-5-16-17-6-7-19(20(25)13-24)22(17,2)9-8-18(16)21/h15-19,26H,4-14,24H2,1-3H3/t15-,16?,17?,18?,19+,21-,22-,23+/m0/s1. The van der Waals surface area contributed by atoms with E-state index in [0.717, 1.165) is 43.4 Å². The van der Waals surface area contributed by atoms with E-state index in [1.54, 1.807) is 7.11 Å². The molecule has 8 atom stereocenters. The van der Waals surface area contributed by atoms with Gasteiger partial charge in [0, 0.05) is 13.0 Å². The van der Waals surface area contributed by atoms with E-state index < -0.39 is 5.60 Å². The Balaban J connectivity index is 1.55. The monoisotopic (exact) mass is 374 g/mol. The van der Waals surface area contributed by atoms with Crippen LogP contribution >= 0.6 is 0 Å². The number of carbonyl (C=O) groups is 1. The summed E-state index contributed by atoms with van der Waals surface area (Å²) in [6.45, 7) is 5.47. The zero-order valence-corrected chi connectivity index (χ0v) is 17.9. The van der Waals surface area contributed by atoms with Gasteiger partial charge in [0.1, 0.15) is 13.6 Å². The highest BCUT2D eigenvalue weighted by Crippen LogP contribution is 2.68. The van der Waals surface area contributed by atoms with Crippen molar-refractivity contribution in [2.75, 3.05) is 13.7 Å². The summed E-state index contributed by atoms with van der Waals surface area (Å²) < 4.78 is 5.34. The fraction of sp³-hybridized carbons (Fsp3) is 0.957. The average molecular weight is 374 g/mol. The van der Waals surface area contributed by atoms with Crippen molar-refractivity contribution < 1.29 is 14.6 Å². The molecule has 4 fully saturated rings. The minimum absolute atomic E-state index is 0.253. The molecule has 0 saturated heterocycles. The third-order valence-corrected chi connectivity index (χ3v) is 9.97. The van der Waals surface area contributed by atoms with E-state index in [4.69, 9.17) is 4.74 Å². The van der Waals surface area contributed by atoms with Gasteiger partial charge >= 0.3 is 0 Å². The molecule has 0 bridgehead atoms. The first-order valence-electron chi connectivity index (χ1n) is 11.5. The van der Waals surface area contributed by atoms with E-state index >= 15 is 0 Å². The van der Waals surface area contributed by atoms with Crippen LogP contribution in [0.15, 0.2) is 0 Å². The van der Waals surface area contributed by atoms with Crippen molar-refractivity contribution in [1.29, 1.82) is 0 Å². The zero-order chi connectivity index (χ0) is 19.4. The summed E-state index contributed by atoms with van der Waals surface area (Å²) >= 11 is 0. The molecule has 4 heteroatoms. The Morgan fingerprint density at radius 1 is 1.04 bits per heavy atom. The fourth-order valence-electron chi connectivity index (χ4n) is 8.50. The maximum Gasteiger partial charge on any atom is 0.128 e. The second-order valence-electron chi connectivity index (χ2n) is 11.0. The van der Waals surface area contributed by atoms with Crippen molar-refractivity contribution in [3.05, 3.63) is 0 Å². The molecule has 4 aliphatic carbocycles. The Morgan fingerprint density at radius 3 is 2.48 bits per heavy atom. The van der Waals surface area contributed by atoms with Gasteiger partial charge in [-0.15, -0.1) is 0 Å². The number of methoxy groups -OCH3 is 1. The summed E-state index contributed by atoms with van der Waals surface area (Å²) in [5, 5.41) is 11.0. The number of rotatable bonds is 4. The number of carbonyl (C=O) groups excluding carboxylic acids is 1. The number of ketones is 1. The van der Waals surface area contributed by atoms with Crippen molar-refractivity contribution in [1.82, 2.24) is 0 Å². The van der Waals surface area contributed by atoms with Crippen LogP contribution in [0, 0.1) is 40.4 Å². The highest BCUT2D eigenvalue weighted by atomic mass is 16.5. The maximum atomic E-state index is 12.6. The van der Waals surface area contributed by atoms with Crippen LogP contribution in [0.25, 0.3) is 0 Å². The average Bonchev–Trinajstić information content (AvgIpc) is 2.99. The highest BCUT2D eigenvalue weighted by Gasteiger charge is 2.61. The van der Waals surface area contributed by atoms with Gasteiger partial charge in [-0.1, -0.05) is 13.8 Å². The normalized spacial score (nSPS) is 51.9. The van der Waals surface area contributed by atoms with E-state index in [1.165, 1.54) is 32.1 Å². The molecule has 0 spiro atoms. The smallest absolute Gasteiger partial charge is 0.128 e. The van der Waals surface area contributed by atoms with Crippen LogP contribution in [0.3, 0.4) is 0 Å². The van der Waals surface area contributed by atoms with Gasteiger partial charge in [-0.05, 0) is 98.6 Å². The van der Waals surface area contributed by atoms with E-state index in [2.05, 4.69) is 13.8 Å². The minimum atomic E-state index is -0.610. The molecule has 0 aromatic heterocycles. The predicted molar refractivity (Wildman–Crippen MR) is 110 cm³/mol. The Kier molecular flexibility index (Phi) is 5.07. The molecule has 4 saturated carbocycles. The molecule has 0 amide bonds. The Labute approximate surface area is 166 Å². The summed E-state index contributed by atoms with van der Waals surface area (Å²) in [5.74, 6) is 3.80. The van der Waals surface area contributed by atoms with Crippen molar-refractivity contribution in [2.24, 2.45) is 40.4 Å². The van der Waals surface area contributed by atoms with Crippen LogP contribution in [0.4, 0.5) is 0 Å². The highest BCUT2D eigenvalue weighted by molar-refractivity contribution is 6.20. The molecule has 1 N–H and O–H groups in total. The first-order chi connectivity index (χ1) is 12.8. The van der Waals surface area contributed by atoms with Gasteiger partial charge in [0.2, 0.25) is 0 Å². The van der Waals surface area contributed by atoms with Crippen molar-refractivity contribution >= 4 is 13.6 Å². The summed E-state index contributed by atoms with van der Waals surface area (Å²) in [6, 6.07) is 0. The molecule has 3 unspecified atom stereocenters. The number of hydrogen-bond acceptors (Lipinski definition) is 3. The maximum absolute atomic E-state index is 12.6. The van der Waals surface area contributed by atoms with Gasteiger partial charge in [-0.2, -0.15) is 0 Å². The van der Waals surface area contributed by atoms with Crippen LogP contribution in [-0.4, -0.2) is 38.1 Å². The summed E-state index contributed by atoms with van der Waals surface area (Å²) in [4.78, 5) is 12.6. The van der Waals surface area contributed by atoms with Gasteiger partial charge in [-0.25, -0.2) is 0 Å². The SMILES string of the molecule is BCC(=O)[C@H]1CCC2C3CC[C@H]4C[C@@](O)(COC)CC[C@]4(C)C3CC[C@@]21C. The van der Waals surface area contributed by atoms with Gasteiger partial charge in [0.25, 0.3) is 0 Å². The predicted octanol–water partition coefficient (Wildman–Crippen LogP) is 3.64.